The van der Waals surface area contributed by atoms with Crippen LogP contribution in [0.3, 0.4) is 0 Å². The minimum absolute atomic E-state index is 0.101. The molecule has 3 aromatic rings. The molecule has 0 spiro atoms. The van der Waals surface area contributed by atoms with Crippen molar-refractivity contribution in [3.8, 4) is 11.3 Å². The summed E-state index contributed by atoms with van der Waals surface area (Å²) in [4.78, 5) is 26.6. The molecule has 6 heteroatoms. The Morgan fingerprint density at radius 3 is 2.92 bits per heavy atom. The van der Waals surface area contributed by atoms with Gasteiger partial charge in [0.15, 0.2) is 0 Å². The lowest BCUT2D eigenvalue weighted by Gasteiger charge is -2.14. The van der Waals surface area contributed by atoms with Crippen molar-refractivity contribution in [3.63, 3.8) is 0 Å². The highest BCUT2D eigenvalue weighted by atomic mass is 16.2. The van der Waals surface area contributed by atoms with E-state index >= 15 is 0 Å². The van der Waals surface area contributed by atoms with Crippen molar-refractivity contribution in [1.29, 1.82) is 0 Å². The molecule has 0 bridgehead atoms. The molecule has 126 valence electrons. The summed E-state index contributed by atoms with van der Waals surface area (Å²) in [6, 6.07) is 2.78. The van der Waals surface area contributed by atoms with Crippen LogP contribution in [0.4, 0.5) is 5.82 Å². The summed E-state index contributed by atoms with van der Waals surface area (Å²) >= 11 is 0. The van der Waals surface area contributed by atoms with Crippen molar-refractivity contribution >= 4 is 22.5 Å². The number of hydrogen-bond acceptors (Lipinski definition) is 5. The highest BCUT2D eigenvalue weighted by Gasteiger charge is 2.15. The number of anilines is 1. The van der Waals surface area contributed by atoms with Crippen LogP contribution < -0.4 is 5.32 Å². The Balaban J connectivity index is 1.64. The van der Waals surface area contributed by atoms with Crippen LogP contribution in [0.25, 0.3) is 22.0 Å². The van der Waals surface area contributed by atoms with Gasteiger partial charge in [0.25, 0.3) is 0 Å². The molecule has 4 rings (SSSR count). The summed E-state index contributed by atoms with van der Waals surface area (Å²) in [5, 5.41) is 4.27. The van der Waals surface area contributed by atoms with E-state index < -0.39 is 6.17 Å². The van der Waals surface area contributed by atoms with Gasteiger partial charge in [-0.05, 0) is 55.5 Å². The normalized spacial score (nSPS) is 17.0. The number of nitrogens with one attached hydrogen (secondary N) is 1. The van der Waals surface area contributed by atoms with Crippen molar-refractivity contribution in [2.24, 2.45) is 0 Å². The molecule has 0 aliphatic carbocycles. The van der Waals surface area contributed by atoms with E-state index in [1.165, 1.54) is 0 Å². The molecule has 25 heavy (non-hydrogen) atoms. The van der Waals surface area contributed by atoms with Gasteiger partial charge in [0.2, 0.25) is 5.91 Å². The Bertz CT molecular complexity index is 1100. The van der Waals surface area contributed by atoms with Crippen LogP contribution in [0.15, 0.2) is 49.0 Å². The van der Waals surface area contributed by atoms with E-state index in [0.29, 0.717) is 18.1 Å². The average Bonchev–Trinajstić information content (AvgIpc) is 3.19. The fraction of sp³-hybridized carbons (Fsp3) is 0.263. The van der Waals surface area contributed by atoms with Gasteiger partial charge in [-0.15, -0.1) is 0 Å². The first-order chi connectivity index (χ1) is 13.9. The lowest BCUT2D eigenvalue weighted by atomic mass is 10.1. The molecule has 0 radical (unpaired) electrons. The molecule has 0 atom stereocenters. The maximum absolute atomic E-state index is 12.3. The molecule has 0 saturated carbocycles. The zero-order valence-corrected chi connectivity index (χ0v) is 13.5. The molecule has 0 unspecified atom stereocenters. The third kappa shape index (κ3) is 3.64. The van der Waals surface area contributed by atoms with E-state index in [-0.39, 0.29) is 29.7 Å². The minimum Gasteiger partial charge on any atom is -0.310 e. The number of rotatable bonds is 4. The topological polar surface area (TPSA) is 71.0 Å². The number of aromatic nitrogens is 3. The first-order valence-corrected chi connectivity index (χ1v) is 8.15. The Hall–Kier alpha value is -2.86. The molecule has 1 aliphatic heterocycles. The molecule has 3 aromatic heterocycles. The largest absolute Gasteiger partial charge is 0.310 e. The average molecular weight is 337 g/mol. The summed E-state index contributed by atoms with van der Waals surface area (Å²) in [7, 11) is 0. The molecule has 0 aromatic carbocycles. The molecule has 1 aliphatic rings. The number of hydrogen-bond donors (Lipinski definition) is 1. The molecule has 4 heterocycles. The molecule has 1 amide bonds. The van der Waals surface area contributed by atoms with Crippen LogP contribution in [-0.4, -0.2) is 45.4 Å². The zero-order valence-electron chi connectivity index (χ0n) is 17.5. The van der Waals surface area contributed by atoms with Gasteiger partial charge < -0.3 is 5.32 Å². The summed E-state index contributed by atoms with van der Waals surface area (Å²) in [6.45, 7) is 2.20. The number of amides is 1. The van der Waals surface area contributed by atoms with Crippen molar-refractivity contribution in [2.45, 2.75) is 12.8 Å². The maximum Gasteiger partial charge on any atom is 0.239 e. The van der Waals surface area contributed by atoms with E-state index in [1.54, 1.807) is 24.5 Å². The van der Waals surface area contributed by atoms with Gasteiger partial charge in [-0.2, -0.15) is 0 Å². The SMILES string of the molecule is [2H]c1nc([2H])c(-c2cc3cc(NC(=O)CN4CCCC4)ncc3cn2)c([2H])c1[2H]. The second kappa shape index (κ2) is 6.94. The molecule has 6 nitrogen and oxygen atoms in total. The summed E-state index contributed by atoms with van der Waals surface area (Å²) in [5.41, 5.74) is 0.415. The van der Waals surface area contributed by atoms with Gasteiger partial charge in [-0.25, -0.2) is 4.98 Å². The minimum atomic E-state index is -0.406. The van der Waals surface area contributed by atoms with Gasteiger partial charge in [0, 0.05) is 35.7 Å². The second-order valence-electron chi connectivity index (χ2n) is 5.98. The quantitative estimate of drug-likeness (QED) is 0.792. The molecule has 1 fully saturated rings. The first kappa shape index (κ1) is 11.7. The van der Waals surface area contributed by atoms with Gasteiger partial charge in [0.1, 0.15) is 5.82 Å². The number of pyridine rings is 3. The Morgan fingerprint density at radius 2 is 2.04 bits per heavy atom. The highest BCUT2D eigenvalue weighted by Crippen LogP contribution is 2.22. The van der Waals surface area contributed by atoms with Crippen LogP contribution in [0.5, 0.6) is 0 Å². The predicted molar refractivity (Wildman–Crippen MR) is 97.1 cm³/mol. The Labute approximate surface area is 151 Å². The highest BCUT2D eigenvalue weighted by molar-refractivity contribution is 5.94. The van der Waals surface area contributed by atoms with E-state index in [0.717, 1.165) is 36.7 Å². The van der Waals surface area contributed by atoms with Crippen LogP contribution in [-0.2, 0) is 4.79 Å². The van der Waals surface area contributed by atoms with Gasteiger partial charge >= 0.3 is 0 Å². The molecular formula is C19H19N5O. The van der Waals surface area contributed by atoms with E-state index in [4.69, 9.17) is 5.48 Å². The second-order valence-corrected chi connectivity index (χ2v) is 5.98. The smallest absolute Gasteiger partial charge is 0.239 e. The fourth-order valence-electron chi connectivity index (χ4n) is 2.92. The third-order valence-corrected chi connectivity index (χ3v) is 4.16. The van der Waals surface area contributed by atoms with Crippen LogP contribution in [0.1, 0.15) is 18.3 Å². The van der Waals surface area contributed by atoms with Crippen LogP contribution in [0, 0.1) is 0 Å². The van der Waals surface area contributed by atoms with Gasteiger partial charge in [-0.1, -0.05) is 0 Å². The summed E-state index contributed by atoms with van der Waals surface area (Å²) < 4.78 is 31.4. The molecular weight excluding hydrogens is 314 g/mol. The lowest BCUT2D eigenvalue weighted by Crippen LogP contribution is -2.31. The Morgan fingerprint density at radius 1 is 1.20 bits per heavy atom. The van der Waals surface area contributed by atoms with Crippen molar-refractivity contribution in [3.05, 3.63) is 49.0 Å². The number of carbonyl (C=O) groups excluding carboxylic acids is 1. The predicted octanol–water partition coefficient (Wildman–Crippen LogP) is 2.73. The molecule has 1 saturated heterocycles. The van der Waals surface area contributed by atoms with Crippen molar-refractivity contribution in [1.82, 2.24) is 19.9 Å². The van der Waals surface area contributed by atoms with E-state index in [2.05, 4.69) is 25.2 Å². The lowest BCUT2D eigenvalue weighted by molar-refractivity contribution is -0.117. The number of nitrogens with zero attached hydrogens (tertiary/aromatic N) is 4. The monoisotopic (exact) mass is 337 g/mol. The summed E-state index contributed by atoms with van der Waals surface area (Å²) in [6.07, 6.45) is 4.71. The number of carbonyl (C=O) groups is 1. The summed E-state index contributed by atoms with van der Waals surface area (Å²) in [5.74, 6) is 0.292. The van der Waals surface area contributed by atoms with Gasteiger partial charge in [-0.3, -0.25) is 19.7 Å². The van der Waals surface area contributed by atoms with Crippen LogP contribution in [0.2, 0.25) is 0 Å². The van der Waals surface area contributed by atoms with E-state index in [9.17, 15) is 4.79 Å². The Kier molecular flexibility index (Phi) is 3.24. The third-order valence-electron chi connectivity index (χ3n) is 4.16. The van der Waals surface area contributed by atoms with Gasteiger partial charge in [0.05, 0.1) is 17.7 Å². The number of fused-ring (bicyclic) bond motifs is 1. The van der Waals surface area contributed by atoms with Crippen molar-refractivity contribution < 1.29 is 10.3 Å². The molecule has 1 N–H and O–H groups in total. The van der Waals surface area contributed by atoms with E-state index in [1.807, 2.05) is 0 Å². The first-order valence-electron chi connectivity index (χ1n) is 10.1. The number of likely N-dealkylation sites (tertiary alicyclic amines) is 1. The van der Waals surface area contributed by atoms with Crippen molar-refractivity contribution in [2.75, 3.05) is 25.0 Å². The van der Waals surface area contributed by atoms with Crippen LogP contribution >= 0.6 is 0 Å². The fourth-order valence-corrected chi connectivity index (χ4v) is 2.92. The standard InChI is InChI=1S/C19H19N5O/c25-19(13-24-6-1-2-7-24)23-18-9-15-8-17(14-4-3-5-20-10-14)21-11-16(15)12-22-18/h3-5,8-12H,1-2,6-7,13H2,(H,22,23,25)/i3D,4D,5D,10D. The maximum atomic E-state index is 12.3. The zero-order chi connectivity index (χ0) is 20.5.